The molecule has 0 aliphatic carbocycles. The molecule has 2 aromatic rings. The topological polar surface area (TPSA) is 29.5 Å². The van der Waals surface area contributed by atoms with Gasteiger partial charge in [-0.05, 0) is 42.3 Å². The standard InChI is InChI=1S/C15H13F3O2/c1-9(19)11-3-5-15(14(18)7-11)20-8-10-2-4-12(16)13(17)6-10/h2-7,9,19H,8H2,1H3/t9-/m1/s1. The molecule has 0 amide bonds. The third-order valence-electron chi connectivity index (χ3n) is 2.82. The smallest absolute Gasteiger partial charge is 0.165 e. The summed E-state index contributed by atoms with van der Waals surface area (Å²) in [4.78, 5) is 0. The predicted molar refractivity (Wildman–Crippen MR) is 67.7 cm³/mol. The third-order valence-corrected chi connectivity index (χ3v) is 2.82. The number of rotatable bonds is 4. The molecule has 0 aliphatic heterocycles. The van der Waals surface area contributed by atoms with E-state index in [9.17, 15) is 18.3 Å². The van der Waals surface area contributed by atoms with E-state index in [1.54, 1.807) is 0 Å². The first-order valence-electron chi connectivity index (χ1n) is 6.01. The largest absolute Gasteiger partial charge is 0.486 e. The molecule has 0 saturated heterocycles. The first-order chi connectivity index (χ1) is 9.47. The number of aliphatic hydroxyl groups excluding tert-OH is 1. The molecule has 2 aromatic carbocycles. The minimum atomic E-state index is -0.976. The summed E-state index contributed by atoms with van der Waals surface area (Å²) in [5.41, 5.74) is 0.825. The first-order valence-corrected chi connectivity index (χ1v) is 6.01. The van der Waals surface area contributed by atoms with E-state index in [1.165, 1.54) is 31.2 Å². The molecule has 0 radical (unpaired) electrons. The van der Waals surface area contributed by atoms with Crippen molar-refractivity contribution < 1.29 is 23.0 Å². The van der Waals surface area contributed by atoms with Gasteiger partial charge in [-0.25, -0.2) is 13.2 Å². The maximum Gasteiger partial charge on any atom is 0.165 e. The zero-order chi connectivity index (χ0) is 14.7. The maximum atomic E-state index is 13.7. The lowest BCUT2D eigenvalue weighted by Gasteiger charge is -2.10. The van der Waals surface area contributed by atoms with Gasteiger partial charge in [-0.1, -0.05) is 12.1 Å². The van der Waals surface area contributed by atoms with Gasteiger partial charge in [-0.15, -0.1) is 0 Å². The third kappa shape index (κ3) is 3.30. The van der Waals surface area contributed by atoms with E-state index in [-0.39, 0.29) is 12.4 Å². The van der Waals surface area contributed by atoms with Gasteiger partial charge in [0, 0.05) is 0 Å². The van der Waals surface area contributed by atoms with Crippen LogP contribution in [0.25, 0.3) is 0 Å². The second-order valence-corrected chi connectivity index (χ2v) is 4.40. The van der Waals surface area contributed by atoms with Crippen LogP contribution in [-0.4, -0.2) is 5.11 Å². The van der Waals surface area contributed by atoms with Gasteiger partial charge < -0.3 is 9.84 Å². The molecule has 5 heteroatoms. The molecule has 106 valence electrons. The lowest BCUT2D eigenvalue weighted by atomic mass is 10.1. The Kier molecular flexibility index (Phi) is 4.29. The zero-order valence-corrected chi connectivity index (χ0v) is 10.7. The summed E-state index contributed by atoms with van der Waals surface area (Å²) in [5.74, 6) is -2.55. The fourth-order valence-electron chi connectivity index (χ4n) is 1.68. The minimum Gasteiger partial charge on any atom is -0.486 e. The van der Waals surface area contributed by atoms with E-state index < -0.39 is 23.6 Å². The summed E-state index contributed by atoms with van der Waals surface area (Å²) in [6.45, 7) is 1.44. The van der Waals surface area contributed by atoms with Gasteiger partial charge in [0.15, 0.2) is 23.2 Å². The van der Waals surface area contributed by atoms with E-state index >= 15 is 0 Å². The Bertz CT molecular complexity index is 612. The Balaban J connectivity index is 2.09. The van der Waals surface area contributed by atoms with Crippen LogP contribution in [0.15, 0.2) is 36.4 Å². The van der Waals surface area contributed by atoms with Gasteiger partial charge >= 0.3 is 0 Å². The lowest BCUT2D eigenvalue weighted by molar-refractivity contribution is 0.198. The highest BCUT2D eigenvalue weighted by molar-refractivity contribution is 5.30. The number of ether oxygens (including phenoxy) is 1. The van der Waals surface area contributed by atoms with Crippen LogP contribution in [0.2, 0.25) is 0 Å². The van der Waals surface area contributed by atoms with Gasteiger partial charge in [0.2, 0.25) is 0 Å². The van der Waals surface area contributed by atoms with Crippen LogP contribution in [0, 0.1) is 17.5 Å². The van der Waals surface area contributed by atoms with Crippen LogP contribution in [0.5, 0.6) is 5.75 Å². The van der Waals surface area contributed by atoms with Crippen LogP contribution in [-0.2, 0) is 6.61 Å². The average Bonchev–Trinajstić information content (AvgIpc) is 2.41. The fourth-order valence-corrected chi connectivity index (χ4v) is 1.68. The minimum absolute atomic E-state index is 0.0147. The Hall–Kier alpha value is -2.01. The van der Waals surface area contributed by atoms with Crippen molar-refractivity contribution >= 4 is 0 Å². The normalized spacial score (nSPS) is 12.2. The average molecular weight is 282 g/mol. The molecule has 2 rings (SSSR count). The van der Waals surface area contributed by atoms with Crippen LogP contribution in [0.1, 0.15) is 24.2 Å². The van der Waals surface area contributed by atoms with Crippen molar-refractivity contribution in [2.24, 2.45) is 0 Å². The molecule has 1 N–H and O–H groups in total. The number of benzene rings is 2. The predicted octanol–water partition coefficient (Wildman–Crippen LogP) is 3.74. The summed E-state index contributed by atoms with van der Waals surface area (Å²) >= 11 is 0. The first kappa shape index (κ1) is 14.4. The van der Waals surface area contributed by atoms with Crippen LogP contribution >= 0.6 is 0 Å². The number of hydrogen-bond acceptors (Lipinski definition) is 2. The second-order valence-electron chi connectivity index (χ2n) is 4.40. The molecule has 0 bridgehead atoms. The van der Waals surface area contributed by atoms with Crippen molar-refractivity contribution in [3.05, 3.63) is 65.0 Å². The zero-order valence-electron chi connectivity index (χ0n) is 10.7. The number of hydrogen-bond donors (Lipinski definition) is 1. The van der Waals surface area contributed by atoms with Crippen LogP contribution in [0.3, 0.4) is 0 Å². The van der Waals surface area contributed by atoms with E-state index in [0.717, 1.165) is 12.1 Å². The number of halogens is 3. The van der Waals surface area contributed by atoms with Crippen LogP contribution < -0.4 is 4.74 Å². The van der Waals surface area contributed by atoms with Gasteiger partial charge in [-0.2, -0.15) is 0 Å². The summed E-state index contributed by atoms with van der Waals surface area (Å²) in [5, 5.41) is 9.32. The van der Waals surface area contributed by atoms with Gasteiger partial charge in [0.25, 0.3) is 0 Å². The van der Waals surface area contributed by atoms with Crippen molar-refractivity contribution in [2.45, 2.75) is 19.6 Å². The van der Waals surface area contributed by atoms with Crippen LogP contribution in [0.4, 0.5) is 13.2 Å². The molecule has 1 atom stereocenters. The Morgan fingerprint density at radius 1 is 1.00 bits per heavy atom. The molecule has 0 fully saturated rings. The van der Waals surface area contributed by atoms with Crippen molar-refractivity contribution in [1.29, 1.82) is 0 Å². The molecule has 0 heterocycles. The van der Waals surface area contributed by atoms with E-state index in [0.29, 0.717) is 11.1 Å². The molecule has 0 saturated carbocycles. The molecule has 0 unspecified atom stereocenters. The maximum absolute atomic E-state index is 13.7. The highest BCUT2D eigenvalue weighted by Crippen LogP contribution is 2.23. The Morgan fingerprint density at radius 3 is 2.35 bits per heavy atom. The molecule has 20 heavy (non-hydrogen) atoms. The monoisotopic (exact) mass is 282 g/mol. The van der Waals surface area contributed by atoms with Gasteiger partial charge in [0.1, 0.15) is 6.61 Å². The van der Waals surface area contributed by atoms with Crippen molar-refractivity contribution in [2.75, 3.05) is 0 Å². The van der Waals surface area contributed by atoms with Crippen molar-refractivity contribution in [3.63, 3.8) is 0 Å². The summed E-state index contributed by atoms with van der Waals surface area (Å²) in [7, 11) is 0. The van der Waals surface area contributed by atoms with Crippen molar-refractivity contribution in [3.8, 4) is 5.75 Å². The summed E-state index contributed by atoms with van der Waals surface area (Å²) in [6, 6.07) is 7.44. The van der Waals surface area contributed by atoms with E-state index in [1.807, 2.05) is 0 Å². The lowest BCUT2D eigenvalue weighted by Crippen LogP contribution is -2.00. The van der Waals surface area contributed by atoms with Gasteiger partial charge in [-0.3, -0.25) is 0 Å². The van der Waals surface area contributed by atoms with E-state index in [4.69, 9.17) is 4.74 Å². The number of aliphatic hydroxyl groups is 1. The quantitative estimate of drug-likeness (QED) is 0.925. The SMILES string of the molecule is C[C@@H](O)c1ccc(OCc2ccc(F)c(F)c2)c(F)c1. The molecule has 2 nitrogen and oxygen atoms in total. The highest BCUT2D eigenvalue weighted by Gasteiger charge is 2.09. The molecular weight excluding hydrogens is 269 g/mol. The van der Waals surface area contributed by atoms with Gasteiger partial charge in [0.05, 0.1) is 6.10 Å². The summed E-state index contributed by atoms with van der Waals surface area (Å²) < 4.78 is 44.6. The molecule has 0 aromatic heterocycles. The second kappa shape index (κ2) is 5.96. The Morgan fingerprint density at radius 2 is 1.75 bits per heavy atom. The molecular formula is C15H13F3O2. The van der Waals surface area contributed by atoms with E-state index in [2.05, 4.69) is 0 Å². The summed E-state index contributed by atoms with van der Waals surface area (Å²) in [6.07, 6.45) is -0.773. The fraction of sp³-hybridized carbons (Fsp3) is 0.200. The molecule has 0 aliphatic rings. The highest BCUT2D eigenvalue weighted by atomic mass is 19.2. The van der Waals surface area contributed by atoms with Crippen molar-refractivity contribution in [1.82, 2.24) is 0 Å². The Labute approximate surface area is 114 Å². The molecule has 0 spiro atoms.